The standard InChI is InChI=1S/3C36H21N5/c1-2-7-22(8-3-1)40-30-11-5-4-9-23(30)26-13-12-21-19-28-25(32(21)34(26)40)15-14-24-27-10-6-17-38-35(27)41-31-20-37-18-16-29(31)39-36(41)33(24)28;1-2-7-21(8-3-1)40-30-11-5-4-9-26(30)33-27-19-28-22(23(27)14-15-31(33)40)12-13-24-25-10-6-17-38-35(25)41-32-20-37-18-16-29(32)39-36(41)34(24)28;1-2-7-22(8-3-1)40-31-11-5-4-9-24(31)28-17-21-18-29-23(27(21)19-32(28)40)12-13-25-26-10-6-15-38-35(26)41-33-20-37-16-14-30(33)39-36(41)34(25)29/h2*1-18,20H,19H2;1-17,19-20H,18H2. The van der Waals surface area contributed by atoms with Crippen molar-refractivity contribution in [3.8, 4) is 50.4 Å². The van der Waals surface area contributed by atoms with Gasteiger partial charge in [-0.25, -0.2) is 29.9 Å². The van der Waals surface area contributed by atoms with Crippen molar-refractivity contribution in [1.82, 2.24) is 71.8 Å². The topological polar surface area (TPSA) is 144 Å². The molecule has 570 valence electrons. The molecule has 15 nitrogen and oxygen atoms in total. The highest BCUT2D eigenvalue weighted by Gasteiger charge is 2.33. The van der Waals surface area contributed by atoms with Crippen LogP contribution >= 0.6 is 0 Å². The van der Waals surface area contributed by atoms with Gasteiger partial charge >= 0.3 is 0 Å². The number of hydrogen-bond donors (Lipinski definition) is 0. The number of rotatable bonds is 3. The highest BCUT2D eigenvalue weighted by Crippen LogP contribution is 2.53. The van der Waals surface area contributed by atoms with E-state index in [-0.39, 0.29) is 0 Å². The molecule has 0 radical (unpaired) electrons. The van der Waals surface area contributed by atoms with Crippen LogP contribution in [-0.4, -0.2) is 71.8 Å². The van der Waals surface area contributed by atoms with E-state index in [4.69, 9.17) is 29.9 Å². The van der Waals surface area contributed by atoms with Crippen molar-refractivity contribution in [2.45, 2.75) is 19.3 Å². The number of pyridine rings is 9. The molecule has 15 aromatic heterocycles. The number of benzene rings is 12. The summed E-state index contributed by atoms with van der Waals surface area (Å²) in [4.78, 5) is 43.2. The number of para-hydroxylation sites is 6. The molecule has 15 heterocycles. The van der Waals surface area contributed by atoms with Crippen molar-refractivity contribution >= 4 is 181 Å². The molecule has 15 heteroatoms. The average molecular weight is 1570 g/mol. The van der Waals surface area contributed by atoms with Gasteiger partial charge in [-0.15, -0.1) is 0 Å². The van der Waals surface area contributed by atoms with Gasteiger partial charge in [-0.2, -0.15) is 0 Å². The highest BCUT2D eigenvalue weighted by atomic mass is 15.1. The van der Waals surface area contributed by atoms with Gasteiger partial charge in [-0.3, -0.25) is 28.2 Å². The number of aromatic nitrogens is 15. The number of nitrogens with zero attached hydrogens (tertiary/aromatic N) is 15. The summed E-state index contributed by atoms with van der Waals surface area (Å²) in [5.74, 6) is 0. The van der Waals surface area contributed by atoms with Crippen LogP contribution in [0.25, 0.3) is 231 Å². The molecule has 0 N–H and O–H groups in total. The minimum absolute atomic E-state index is 0.852. The Kier molecular flexibility index (Phi) is 13.5. The molecule has 12 aromatic carbocycles. The number of fused-ring (bicyclic) bond motifs is 47. The summed E-state index contributed by atoms with van der Waals surface area (Å²) in [5, 5.41) is 18.3. The second-order valence-electron chi connectivity index (χ2n) is 32.7. The SMILES string of the molecule is c1ccc(-n2c3ccccc3c3c4c(ccc32)-c2ccc3c5cccnc5n5c6cnccc6nc5c3c2C4)cc1.c1ccc(-n2c3ccccc3c3cc4c(cc32)-c2ccc3c5cccnc5n5c6cnccc6nc5c3c2C4)cc1.c1ccc(-n2c3ccccc3c3ccc4c(c32)-c2ccc3c5cccnc5n5c6cnccc6nc5c3c2C4)cc1. The Hall–Kier alpha value is -16.7. The van der Waals surface area contributed by atoms with Crippen molar-refractivity contribution in [1.29, 1.82) is 0 Å². The van der Waals surface area contributed by atoms with Gasteiger partial charge in [-0.1, -0.05) is 164 Å². The fourth-order valence-corrected chi connectivity index (χ4v) is 21.6. The van der Waals surface area contributed by atoms with Gasteiger partial charge in [0.2, 0.25) is 0 Å². The first-order valence-corrected chi connectivity index (χ1v) is 41.8. The van der Waals surface area contributed by atoms with Crippen LogP contribution in [0.3, 0.4) is 0 Å². The zero-order valence-electron chi connectivity index (χ0n) is 65.7. The van der Waals surface area contributed by atoms with E-state index in [0.29, 0.717) is 0 Å². The summed E-state index contributed by atoms with van der Waals surface area (Å²) in [5.41, 5.74) is 38.2. The molecule has 0 atom stereocenters. The first kappa shape index (κ1) is 66.4. The lowest BCUT2D eigenvalue weighted by Gasteiger charge is -2.13. The maximum Gasteiger partial charge on any atom is 0.147 e. The molecule has 0 aliphatic heterocycles. The second-order valence-corrected chi connectivity index (χ2v) is 32.7. The lowest BCUT2D eigenvalue weighted by atomic mass is 9.97. The molecule has 0 amide bonds. The Morgan fingerprint density at radius 1 is 0.220 bits per heavy atom. The molecule has 0 saturated heterocycles. The van der Waals surface area contributed by atoms with Gasteiger partial charge in [0, 0.05) is 131 Å². The van der Waals surface area contributed by atoms with Crippen molar-refractivity contribution in [2.75, 3.05) is 0 Å². The molecule has 3 aliphatic rings. The molecule has 0 bridgehead atoms. The predicted octanol–water partition coefficient (Wildman–Crippen LogP) is 24.8. The normalized spacial score (nSPS) is 12.8. The van der Waals surface area contributed by atoms with Gasteiger partial charge in [-0.05, 0) is 218 Å². The van der Waals surface area contributed by atoms with Crippen molar-refractivity contribution < 1.29 is 0 Å². The van der Waals surface area contributed by atoms with Crippen LogP contribution in [0, 0.1) is 0 Å². The summed E-state index contributed by atoms with van der Waals surface area (Å²) < 4.78 is 13.8. The van der Waals surface area contributed by atoms with Gasteiger partial charge in [0.05, 0.1) is 84.8 Å². The van der Waals surface area contributed by atoms with Crippen LogP contribution in [0.5, 0.6) is 0 Å². The lowest BCUT2D eigenvalue weighted by molar-refractivity contribution is 1.18. The maximum absolute atomic E-state index is 5.17. The quantitative estimate of drug-likeness (QED) is 0.158. The van der Waals surface area contributed by atoms with E-state index in [0.717, 1.165) is 102 Å². The third-order valence-corrected chi connectivity index (χ3v) is 26.6. The maximum atomic E-state index is 5.17. The summed E-state index contributed by atoms with van der Waals surface area (Å²) in [7, 11) is 0. The van der Waals surface area contributed by atoms with E-state index >= 15 is 0 Å². The smallest absolute Gasteiger partial charge is 0.147 e. The summed E-state index contributed by atoms with van der Waals surface area (Å²) in [6, 6.07) is 105. The minimum atomic E-state index is 0.852. The van der Waals surface area contributed by atoms with Gasteiger partial charge in [0.25, 0.3) is 0 Å². The van der Waals surface area contributed by atoms with E-state index in [1.54, 1.807) is 0 Å². The summed E-state index contributed by atoms with van der Waals surface area (Å²) in [6.07, 6.45) is 19.3. The van der Waals surface area contributed by atoms with E-state index < -0.39 is 0 Å². The number of hydrogen-bond acceptors (Lipinski definition) is 9. The van der Waals surface area contributed by atoms with Gasteiger partial charge < -0.3 is 13.7 Å². The zero-order chi connectivity index (χ0) is 80.0. The Labute approximate surface area is 698 Å². The van der Waals surface area contributed by atoms with E-state index in [1.165, 1.54) is 182 Å². The molecule has 0 unspecified atom stereocenters. The van der Waals surface area contributed by atoms with Crippen molar-refractivity contribution in [2.24, 2.45) is 0 Å². The van der Waals surface area contributed by atoms with E-state index in [2.05, 4.69) is 297 Å². The lowest BCUT2D eigenvalue weighted by Crippen LogP contribution is -1.97. The molecule has 0 fully saturated rings. The average Bonchev–Trinajstić information content (AvgIpc) is 1.55. The molecule has 3 aliphatic carbocycles. The fraction of sp³-hybridized carbons (Fsp3) is 0.0278. The van der Waals surface area contributed by atoms with E-state index in [9.17, 15) is 0 Å². The Morgan fingerprint density at radius 3 is 1.14 bits per heavy atom. The summed E-state index contributed by atoms with van der Waals surface area (Å²) in [6.45, 7) is 0. The van der Waals surface area contributed by atoms with Crippen LogP contribution in [0.2, 0.25) is 0 Å². The molecular weight excluding hydrogens is 1510 g/mol. The third-order valence-electron chi connectivity index (χ3n) is 26.6. The third kappa shape index (κ3) is 9.12. The molecule has 0 spiro atoms. The zero-order valence-corrected chi connectivity index (χ0v) is 65.7. The largest absolute Gasteiger partial charge is 0.309 e. The Bertz CT molecular complexity index is 9380. The van der Waals surface area contributed by atoms with E-state index in [1.807, 2.05) is 92.2 Å². The Balaban J connectivity index is 0.0000000946. The first-order chi connectivity index (χ1) is 61.1. The van der Waals surface area contributed by atoms with Gasteiger partial charge in [0.1, 0.15) is 33.9 Å². The first-order valence-electron chi connectivity index (χ1n) is 41.8. The van der Waals surface area contributed by atoms with Crippen LogP contribution in [-0.2, 0) is 19.3 Å². The summed E-state index contributed by atoms with van der Waals surface area (Å²) >= 11 is 0. The molecule has 27 aromatic rings. The molecule has 123 heavy (non-hydrogen) atoms. The second kappa shape index (κ2) is 25.0. The van der Waals surface area contributed by atoms with Crippen molar-refractivity contribution in [3.05, 3.63) is 380 Å². The van der Waals surface area contributed by atoms with Crippen LogP contribution < -0.4 is 0 Å². The van der Waals surface area contributed by atoms with Crippen LogP contribution in [0.1, 0.15) is 33.4 Å². The fourth-order valence-electron chi connectivity index (χ4n) is 21.6. The van der Waals surface area contributed by atoms with Gasteiger partial charge in [0.15, 0.2) is 0 Å². The van der Waals surface area contributed by atoms with Crippen molar-refractivity contribution in [3.63, 3.8) is 0 Å². The molecule has 30 rings (SSSR count). The highest BCUT2D eigenvalue weighted by molar-refractivity contribution is 6.23. The predicted molar refractivity (Wildman–Crippen MR) is 498 cm³/mol. The monoisotopic (exact) mass is 1570 g/mol. The van der Waals surface area contributed by atoms with Crippen LogP contribution in [0.4, 0.5) is 0 Å². The minimum Gasteiger partial charge on any atom is -0.309 e. The molecular formula is C108H63N15. The molecule has 0 saturated carbocycles. The number of imidazole rings is 3. The van der Waals surface area contributed by atoms with Crippen LogP contribution in [0.15, 0.2) is 347 Å². The Morgan fingerprint density at radius 2 is 0.610 bits per heavy atom.